The lowest BCUT2D eigenvalue weighted by Crippen LogP contribution is -2.40. The van der Waals surface area contributed by atoms with Crippen molar-refractivity contribution in [1.29, 1.82) is 0 Å². The molecule has 4 heteroatoms. The number of nitrogens with one attached hydrogen (secondary N) is 1. The summed E-state index contributed by atoms with van der Waals surface area (Å²) < 4.78 is 6.02. The predicted octanol–water partition coefficient (Wildman–Crippen LogP) is 3.10. The molecule has 1 spiro atoms. The van der Waals surface area contributed by atoms with E-state index >= 15 is 0 Å². The number of aryl methyl sites for hydroxylation is 1. The Labute approximate surface area is 136 Å². The van der Waals surface area contributed by atoms with E-state index in [1.165, 1.54) is 10.9 Å². The molecule has 1 aromatic carbocycles. The summed E-state index contributed by atoms with van der Waals surface area (Å²) in [6, 6.07) is 8.34. The molecule has 122 valence electrons. The van der Waals surface area contributed by atoms with Gasteiger partial charge >= 0.3 is 0 Å². The van der Waals surface area contributed by atoms with E-state index in [1.807, 2.05) is 6.07 Å². The Bertz CT molecular complexity index is 726. The zero-order valence-electron chi connectivity index (χ0n) is 13.7. The lowest BCUT2D eigenvalue weighted by Gasteiger charge is -2.38. The van der Waals surface area contributed by atoms with Gasteiger partial charge in [-0.25, -0.2) is 0 Å². The molecule has 4 rings (SSSR count). The molecule has 0 atom stereocenters. The van der Waals surface area contributed by atoms with Crippen LogP contribution < -0.4 is 5.32 Å². The maximum atomic E-state index is 11.5. The Balaban J connectivity index is 1.50. The van der Waals surface area contributed by atoms with Crippen molar-refractivity contribution in [3.8, 4) is 0 Å². The molecule has 0 aliphatic carbocycles. The van der Waals surface area contributed by atoms with Gasteiger partial charge in [-0.1, -0.05) is 25.1 Å². The second-order valence-electron chi connectivity index (χ2n) is 7.08. The molecule has 0 radical (unpaired) electrons. The van der Waals surface area contributed by atoms with Crippen LogP contribution in [0.15, 0.2) is 28.7 Å². The van der Waals surface area contributed by atoms with E-state index < -0.39 is 0 Å². The summed E-state index contributed by atoms with van der Waals surface area (Å²) in [5.41, 5.74) is 2.57. The topological polar surface area (TPSA) is 45.5 Å². The van der Waals surface area contributed by atoms with Crippen LogP contribution >= 0.6 is 0 Å². The van der Waals surface area contributed by atoms with Crippen LogP contribution in [0.4, 0.5) is 0 Å². The van der Waals surface area contributed by atoms with Crippen molar-refractivity contribution in [2.75, 3.05) is 19.6 Å². The van der Waals surface area contributed by atoms with Crippen LogP contribution in [0.1, 0.15) is 37.5 Å². The minimum Gasteiger partial charge on any atom is -0.461 e. The molecule has 0 bridgehead atoms. The van der Waals surface area contributed by atoms with E-state index in [9.17, 15) is 4.79 Å². The van der Waals surface area contributed by atoms with Crippen LogP contribution in [0.3, 0.4) is 0 Å². The molecular formula is C19H24N2O2. The van der Waals surface area contributed by atoms with Crippen molar-refractivity contribution in [2.45, 2.75) is 39.2 Å². The Morgan fingerprint density at radius 3 is 2.74 bits per heavy atom. The van der Waals surface area contributed by atoms with Gasteiger partial charge in [0.2, 0.25) is 5.91 Å². The quantitative estimate of drug-likeness (QED) is 0.947. The lowest BCUT2D eigenvalue weighted by molar-refractivity contribution is -0.119. The number of rotatable bonds is 3. The summed E-state index contributed by atoms with van der Waals surface area (Å²) in [6.07, 6.45) is 3.88. The average molecular weight is 312 g/mol. The van der Waals surface area contributed by atoms with Crippen LogP contribution in [0, 0.1) is 5.41 Å². The number of fused-ring (bicyclic) bond motifs is 1. The van der Waals surface area contributed by atoms with Gasteiger partial charge in [0.25, 0.3) is 0 Å². The molecule has 2 fully saturated rings. The normalized spacial score (nSPS) is 21.2. The highest BCUT2D eigenvalue weighted by atomic mass is 16.3. The van der Waals surface area contributed by atoms with Gasteiger partial charge in [0, 0.05) is 36.9 Å². The first kappa shape index (κ1) is 14.8. The van der Waals surface area contributed by atoms with Crippen LogP contribution in [0.25, 0.3) is 11.0 Å². The second-order valence-corrected chi connectivity index (χ2v) is 7.08. The Morgan fingerprint density at radius 1 is 1.26 bits per heavy atom. The van der Waals surface area contributed by atoms with Crippen molar-refractivity contribution in [2.24, 2.45) is 5.41 Å². The first-order valence-electron chi connectivity index (χ1n) is 8.67. The SMILES string of the molecule is CCc1oc2ccccc2c1CN1CCC2(CC1)CNC(=O)C2. The maximum Gasteiger partial charge on any atom is 0.220 e. The zero-order chi connectivity index (χ0) is 15.9. The highest BCUT2D eigenvalue weighted by molar-refractivity contribution is 5.82. The minimum atomic E-state index is 0.222. The minimum absolute atomic E-state index is 0.222. The van der Waals surface area contributed by atoms with Crippen LogP contribution in [-0.4, -0.2) is 30.4 Å². The Morgan fingerprint density at radius 2 is 2.04 bits per heavy atom. The molecular weight excluding hydrogens is 288 g/mol. The molecule has 2 aliphatic heterocycles. The smallest absolute Gasteiger partial charge is 0.220 e. The summed E-state index contributed by atoms with van der Waals surface area (Å²) in [5.74, 6) is 1.34. The predicted molar refractivity (Wildman–Crippen MR) is 90.2 cm³/mol. The molecule has 1 aromatic heterocycles. The monoisotopic (exact) mass is 312 g/mol. The standard InChI is InChI=1S/C19H24N2O2/c1-2-16-15(14-5-3-4-6-17(14)23-16)12-21-9-7-19(8-10-21)11-18(22)20-13-19/h3-6H,2,7-13H2,1H3,(H,20,22). The Hall–Kier alpha value is -1.81. The van der Waals surface area contributed by atoms with Gasteiger partial charge in [0.15, 0.2) is 0 Å². The molecule has 1 N–H and O–H groups in total. The summed E-state index contributed by atoms with van der Waals surface area (Å²) in [7, 11) is 0. The molecule has 0 unspecified atom stereocenters. The third-order valence-corrected chi connectivity index (χ3v) is 5.60. The average Bonchev–Trinajstić information content (AvgIpc) is 3.11. The Kier molecular flexibility index (Phi) is 3.64. The van der Waals surface area contributed by atoms with E-state index in [0.717, 1.165) is 63.2 Å². The summed E-state index contributed by atoms with van der Waals surface area (Å²) in [4.78, 5) is 14.1. The van der Waals surface area contributed by atoms with E-state index in [-0.39, 0.29) is 11.3 Å². The summed E-state index contributed by atoms with van der Waals surface area (Å²) >= 11 is 0. The van der Waals surface area contributed by atoms with E-state index in [4.69, 9.17) is 4.42 Å². The molecule has 1 amide bonds. The fraction of sp³-hybridized carbons (Fsp3) is 0.526. The van der Waals surface area contributed by atoms with Gasteiger partial charge < -0.3 is 9.73 Å². The molecule has 2 saturated heterocycles. The van der Waals surface area contributed by atoms with Crippen LogP contribution in [0.2, 0.25) is 0 Å². The number of likely N-dealkylation sites (tertiary alicyclic amines) is 1. The number of carbonyl (C=O) groups excluding carboxylic acids is 1. The molecule has 2 aromatic rings. The molecule has 23 heavy (non-hydrogen) atoms. The fourth-order valence-electron chi connectivity index (χ4n) is 4.12. The fourth-order valence-corrected chi connectivity index (χ4v) is 4.12. The lowest BCUT2D eigenvalue weighted by atomic mass is 9.77. The first-order valence-corrected chi connectivity index (χ1v) is 8.67. The van der Waals surface area contributed by atoms with Gasteiger partial charge in [0.05, 0.1) is 0 Å². The highest BCUT2D eigenvalue weighted by Crippen LogP contribution is 2.38. The maximum absolute atomic E-state index is 11.5. The van der Waals surface area contributed by atoms with Crippen molar-refractivity contribution < 1.29 is 9.21 Å². The highest BCUT2D eigenvalue weighted by Gasteiger charge is 2.40. The van der Waals surface area contributed by atoms with Gasteiger partial charge in [-0.2, -0.15) is 0 Å². The van der Waals surface area contributed by atoms with Crippen molar-refractivity contribution in [3.63, 3.8) is 0 Å². The van der Waals surface area contributed by atoms with E-state index in [2.05, 4.69) is 35.3 Å². The number of para-hydroxylation sites is 1. The molecule has 3 heterocycles. The molecule has 2 aliphatic rings. The van der Waals surface area contributed by atoms with E-state index in [0.29, 0.717) is 0 Å². The number of piperidine rings is 1. The van der Waals surface area contributed by atoms with Crippen LogP contribution in [-0.2, 0) is 17.8 Å². The molecule has 4 nitrogen and oxygen atoms in total. The summed E-state index contributed by atoms with van der Waals surface area (Å²) in [6.45, 7) is 6.11. The number of benzene rings is 1. The van der Waals surface area contributed by atoms with E-state index in [1.54, 1.807) is 0 Å². The number of furan rings is 1. The van der Waals surface area contributed by atoms with Gasteiger partial charge in [-0.15, -0.1) is 0 Å². The third kappa shape index (κ3) is 2.65. The number of carbonyl (C=O) groups is 1. The first-order chi connectivity index (χ1) is 11.2. The zero-order valence-corrected chi connectivity index (χ0v) is 13.7. The summed E-state index contributed by atoms with van der Waals surface area (Å²) in [5, 5.41) is 4.26. The van der Waals surface area contributed by atoms with Crippen LogP contribution in [0.5, 0.6) is 0 Å². The van der Waals surface area contributed by atoms with Crippen molar-refractivity contribution >= 4 is 16.9 Å². The van der Waals surface area contributed by atoms with Gasteiger partial charge in [-0.3, -0.25) is 9.69 Å². The number of hydrogen-bond donors (Lipinski definition) is 1. The second kappa shape index (κ2) is 5.68. The number of nitrogens with zero attached hydrogens (tertiary/aromatic N) is 1. The van der Waals surface area contributed by atoms with Gasteiger partial charge in [-0.05, 0) is 37.4 Å². The number of hydrogen-bond acceptors (Lipinski definition) is 3. The number of amides is 1. The third-order valence-electron chi connectivity index (χ3n) is 5.60. The van der Waals surface area contributed by atoms with Crippen molar-refractivity contribution in [1.82, 2.24) is 10.2 Å². The largest absolute Gasteiger partial charge is 0.461 e. The van der Waals surface area contributed by atoms with Crippen molar-refractivity contribution in [3.05, 3.63) is 35.6 Å². The molecule has 0 saturated carbocycles. The van der Waals surface area contributed by atoms with Gasteiger partial charge in [0.1, 0.15) is 11.3 Å².